The lowest BCUT2D eigenvalue weighted by Crippen LogP contribution is -2.71. The van der Waals surface area contributed by atoms with Gasteiger partial charge in [-0.2, -0.15) is 25.3 Å². The van der Waals surface area contributed by atoms with Crippen molar-refractivity contribution >= 4 is 30.1 Å². The van der Waals surface area contributed by atoms with Crippen LogP contribution in [0, 0.1) is 26.7 Å². The van der Waals surface area contributed by atoms with Gasteiger partial charge in [0.15, 0.2) is 0 Å². The van der Waals surface area contributed by atoms with Crippen molar-refractivity contribution < 1.29 is 28.0 Å². The first-order chi connectivity index (χ1) is 28.8. The molecule has 3 aliphatic rings. The maximum atomic E-state index is 16.2. The lowest BCUT2D eigenvalue weighted by atomic mass is 9.83. The van der Waals surface area contributed by atoms with Gasteiger partial charge in [0.2, 0.25) is 0 Å². The zero-order chi connectivity index (χ0) is 43.1. The Labute approximate surface area is 363 Å². The minimum Gasteiger partial charge on any atom is -0.317 e. The second kappa shape index (κ2) is 22.6. The van der Waals surface area contributed by atoms with Gasteiger partial charge in [0.1, 0.15) is 20.2 Å². The molecular formula is C47H73N4O6S3+. The molecule has 0 aromatic heterocycles. The van der Waals surface area contributed by atoms with E-state index >= 15 is 25.3 Å². The van der Waals surface area contributed by atoms with Crippen molar-refractivity contribution in [2.24, 2.45) is 5.92 Å². The van der Waals surface area contributed by atoms with E-state index in [1.54, 1.807) is 36.4 Å². The highest BCUT2D eigenvalue weighted by Gasteiger charge is 2.75. The van der Waals surface area contributed by atoms with Crippen LogP contribution in [0.3, 0.4) is 0 Å². The van der Waals surface area contributed by atoms with Crippen LogP contribution in [-0.2, 0) is 30.1 Å². The Balaban J connectivity index is 1.81. The van der Waals surface area contributed by atoms with Crippen molar-refractivity contribution in [2.45, 2.75) is 157 Å². The summed E-state index contributed by atoms with van der Waals surface area (Å²) in [4.78, 5) is -1.00. The predicted molar refractivity (Wildman–Crippen MR) is 243 cm³/mol. The van der Waals surface area contributed by atoms with E-state index in [9.17, 15) is 0 Å². The highest BCUT2D eigenvalue weighted by atomic mass is 32.3. The minimum absolute atomic E-state index is 0.0818. The number of benzene rings is 3. The molecule has 0 saturated carbocycles. The number of fused-ring (bicyclic) bond motifs is 24. The lowest BCUT2D eigenvalue weighted by Gasteiger charge is -2.48. The van der Waals surface area contributed by atoms with Gasteiger partial charge in [0.05, 0.1) is 0 Å². The molecule has 0 spiro atoms. The van der Waals surface area contributed by atoms with Crippen LogP contribution < -0.4 is 16.0 Å². The highest BCUT2D eigenvalue weighted by Crippen LogP contribution is 2.53. The number of nitrogens with one attached hydrogen (secondary N) is 3. The SMILES string of the molecule is Cc1ccc(S(=O)(=O)[N+](C23CCCCNCCCCC(CCCCNCCCC2)CCCCNCCCC3)(S(=O)(=O)c2ccc(C)cc2)S(=O)(=O)c2ccc(C)cc2)cc1. The molecule has 0 radical (unpaired) electrons. The van der Waals surface area contributed by atoms with Crippen molar-refractivity contribution in [1.82, 2.24) is 16.0 Å². The van der Waals surface area contributed by atoms with Crippen LogP contribution in [0.15, 0.2) is 87.5 Å². The topological polar surface area (TPSA) is 139 Å². The average molecular weight is 886 g/mol. The first-order valence-corrected chi connectivity index (χ1v) is 27.1. The van der Waals surface area contributed by atoms with Gasteiger partial charge in [-0.05, 0) is 160 Å². The summed E-state index contributed by atoms with van der Waals surface area (Å²) in [5, 5.41) is 10.8. The van der Waals surface area contributed by atoms with E-state index in [4.69, 9.17) is 0 Å². The Morgan fingerprint density at radius 2 is 0.650 bits per heavy atom. The van der Waals surface area contributed by atoms with Gasteiger partial charge in [-0.3, -0.25) is 0 Å². The maximum absolute atomic E-state index is 16.2. The Bertz CT molecular complexity index is 1850. The largest absolute Gasteiger partial charge is 0.357 e. The van der Waals surface area contributed by atoms with Gasteiger partial charge in [0, 0.05) is 22.0 Å². The van der Waals surface area contributed by atoms with Crippen LogP contribution in [0.5, 0.6) is 0 Å². The monoisotopic (exact) mass is 885 g/mol. The molecule has 334 valence electrons. The smallest absolute Gasteiger partial charge is 0.317 e. The van der Waals surface area contributed by atoms with Crippen LogP contribution in [0.25, 0.3) is 0 Å². The van der Waals surface area contributed by atoms with E-state index in [1.165, 1.54) is 74.9 Å². The van der Waals surface area contributed by atoms with Gasteiger partial charge >= 0.3 is 30.1 Å². The standard InChI is InChI=1S/C47H73N4O6S3/c1-40-19-25-44(26-20-40)58(52,53)51(59(54,55)45-27-21-41(2)22-28-45,60(56,57)46-29-23-42(3)24-30-46)47-31-7-13-37-48-34-10-4-16-43(17-5-11-35-49-38-14-8-32-47)18-6-12-36-50-39-15-9-33-47/h19-30,43,48-50H,4-18,31-39H2,1-3H3/q+1. The summed E-state index contributed by atoms with van der Waals surface area (Å²) >= 11 is 0. The second-order valence-electron chi connectivity index (χ2n) is 17.6. The Morgan fingerprint density at radius 1 is 0.400 bits per heavy atom. The van der Waals surface area contributed by atoms with Crippen molar-refractivity contribution in [3.63, 3.8) is 0 Å². The van der Waals surface area contributed by atoms with Crippen LogP contribution in [0.2, 0.25) is 0 Å². The molecule has 3 saturated heterocycles. The normalized spacial score (nSPS) is 22.8. The van der Waals surface area contributed by atoms with E-state index in [0.717, 1.165) is 61.5 Å². The average Bonchev–Trinajstić information content (AvgIpc) is 3.21. The lowest BCUT2D eigenvalue weighted by molar-refractivity contribution is -0.614. The first kappa shape index (κ1) is 48.4. The fourth-order valence-electron chi connectivity index (χ4n) is 9.45. The van der Waals surface area contributed by atoms with Crippen molar-refractivity contribution in [1.29, 1.82) is 0 Å². The summed E-state index contributed by atoms with van der Waals surface area (Å²) in [6, 6.07) is 17.9. The number of rotatable bonds is 7. The molecule has 0 unspecified atom stereocenters. The third-order valence-corrected chi connectivity index (χ3v) is 22.1. The van der Waals surface area contributed by atoms with Gasteiger partial charge in [-0.15, -0.1) is 0 Å². The fraction of sp³-hybridized carbons (Fsp3) is 0.617. The van der Waals surface area contributed by atoms with E-state index in [1.807, 2.05) is 20.8 Å². The Kier molecular flexibility index (Phi) is 18.2. The molecule has 6 rings (SSSR count). The Hall–Kier alpha value is -2.65. The summed E-state index contributed by atoms with van der Waals surface area (Å²) < 4.78 is 95.2. The molecule has 2 bridgehead atoms. The molecule has 3 aromatic rings. The van der Waals surface area contributed by atoms with E-state index in [0.29, 0.717) is 58.2 Å². The molecule has 60 heavy (non-hydrogen) atoms. The molecular weight excluding hydrogens is 813 g/mol. The van der Waals surface area contributed by atoms with E-state index in [2.05, 4.69) is 16.0 Å². The van der Waals surface area contributed by atoms with Crippen molar-refractivity contribution in [3.8, 4) is 0 Å². The quantitative estimate of drug-likeness (QED) is 0.199. The number of hydrogen-bond donors (Lipinski definition) is 3. The summed E-state index contributed by atoms with van der Waals surface area (Å²) in [5.74, 6) is 0.760. The second-order valence-corrected chi connectivity index (χ2v) is 24.2. The van der Waals surface area contributed by atoms with Crippen molar-refractivity contribution in [2.75, 3.05) is 39.3 Å². The summed E-state index contributed by atoms with van der Waals surface area (Å²) in [7, 11) is -15.9. The van der Waals surface area contributed by atoms with Crippen LogP contribution >= 0.6 is 0 Å². The van der Waals surface area contributed by atoms with Crippen LogP contribution in [0.4, 0.5) is 0 Å². The number of nitrogens with zero attached hydrogens (tertiary/aromatic N) is 1. The molecule has 0 aliphatic carbocycles. The Morgan fingerprint density at radius 3 is 0.917 bits per heavy atom. The summed E-state index contributed by atoms with van der Waals surface area (Å²) in [5.41, 5.74) is 0.509. The molecule has 0 amide bonds. The zero-order valence-corrected chi connectivity index (χ0v) is 39.0. The molecule has 3 N–H and O–H groups in total. The fourth-order valence-corrected chi connectivity index (χ4v) is 18.7. The third-order valence-electron chi connectivity index (χ3n) is 12.9. The molecule has 13 heteroatoms. The predicted octanol–water partition coefficient (Wildman–Crippen LogP) is 9.07. The first-order valence-electron chi connectivity index (χ1n) is 22.8. The van der Waals surface area contributed by atoms with Crippen LogP contribution in [0.1, 0.15) is 132 Å². The van der Waals surface area contributed by atoms with Gasteiger partial charge in [-0.25, -0.2) is 0 Å². The molecule has 3 aromatic carbocycles. The summed E-state index contributed by atoms with van der Waals surface area (Å²) in [6.07, 6.45) is 14.0. The summed E-state index contributed by atoms with van der Waals surface area (Å²) in [6.45, 7) is 10.1. The number of sulfonamides is 3. The molecule has 3 fully saturated rings. The number of hydrogen-bond acceptors (Lipinski definition) is 9. The molecule has 0 atom stereocenters. The van der Waals surface area contributed by atoms with Gasteiger partial charge < -0.3 is 16.0 Å². The molecule has 3 aliphatic heterocycles. The third kappa shape index (κ3) is 11.3. The number of aryl methyl sites for hydroxylation is 3. The van der Waals surface area contributed by atoms with Crippen molar-refractivity contribution in [3.05, 3.63) is 89.5 Å². The van der Waals surface area contributed by atoms with Gasteiger partial charge in [-0.1, -0.05) is 91.6 Å². The molecule has 3 heterocycles. The molecule has 10 nitrogen and oxygen atoms in total. The zero-order valence-electron chi connectivity index (χ0n) is 36.6. The van der Waals surface area contributed by atoms with E-state index < -0.39 is 38.3 Å². The van der Waals surface area contributed by atoms with E-state index in [-0.39, 0.29) is 33.9 Å². The highest BCUT2D eigenvalue weighted by molar-refractivity contribution is 8.10. The van der Waals surface area contributed by atoms with Gasteiger partial charge in [0.25, 0.3) is 0 Å². The van der Waals surface area contributed by atoms with Crippen LogP contribution in [-0.4, -0.2) is 72.8 Å². The maximum Gasteiger partial charge on any atom is 0.357 e. The number of quaternary nitrogens is 1. The minimum atomic E-state index is -5.31.